The van der Waals surface area contributed by atoms with Crippen molar-refractivity contribution in [3.63, 3.8) is 0 Å². The molecule has 2 rings (SSSR count). The van der Waals surface area contributed by atoms with Gasteiger partial charge in [-0.2, -0.15) is 0 Å². The summed E-state index contributed by atoms with van der Waals surface area (Å²) in [5.41, 5.74) is 5.75. The van der Waals surface area contributed by atoms with E-state index in [9.17, 15) is 0 Å². The first-order valence-corrected chi connectivity index (χ1v) is 7.73. The second kappa shape index (κ2) is 7.46. The molecular weight excluding hydrogens is 224 g/mol. The topological polar surface area (TPSA) is 38.5 Å². The fourth-order valence-electron chi connectivity index (χ4n) is 3.59. The van der Waals surface area contributed by atoms with Gasteiger partial charge in [-0.25, -0.2) is 0 Å². The van der Waals surface area contributed by atoms with Crippen molar-refractivity contribution in [2.24, 2.45) is 23.5 Å². The third kappa shape index (κ3) is 4.22. The van der Waals surface area contributed by atoms with Gasteiger partial charge >= 0.3 is 0 Å². The standard InChI is InChI=1S/C15H30N2O/c1-18-12-15-6-8-17(9-7-15)11-14-4-2-13(10-16)3-5-14/h13-15H,2-12,16H2,1H3. The molecule has 0 amide bonds. The Hall–Kier alpha value is -0.120. The molecule has 0 aromatic carbocycles. The Labute approximate surface area is 112 Å². The smallest absolute Gasteiger partial charge is 0.0491 e. The normalized spacial score (nSPS) is 31.7. The molecule has 3 nitrogen and oxygen atoms in total. The number of nitrogens with two attached hydrogens (primary N) is 1. The lowest BCUT2D eigenvalue weighted by Gasteiger charge is -2.36. The SMILES string of the molecule is COCC1CCN(CC2CCC(CN)CC2)CC1. The first kappa shape index (κ1) is 14.3. The maximum atomic E-state index is 5.75. The highest BCUT2D eigenvalue weighted by molar-refractivity contribution is 4.78. The largest absolute Gasteiger partial charge is 0.384 e. The van der Waals surface area contributed by atoms with Crippen LogP contribution in [-0.4, -0.2) is 44.8 Å². The van der Waals surface area contributed by atoms with Crippen LogP contribution in [0.25, 0.3) is 0 Å². The van der Waals surface area contributed by atoms with Gasteiger partial charge in [0.25, 0.3) is 0 Å². The summed E-state index contributed by atoms with van der Waals surface area (Å²) in [7, 11) is 1.82. The molecule has 1 aliphatic carbocycles. The van der Waals surface area contributed by atoms with Crippen LogP contribution in [0.15, 0.2) is 0 Å². The zero-order chi connectivity index (χ0) is 12.8. The van der Waals surface area contributed by atoms with Crippen molar-refractivity contribution in [2.75, 3.05) is 39.9 Å². The van der Waals surface area contributed by atoms with Crippen LogP contribution in [0, 0.1) is 17.8 Å². The van der Waals surface area contributed by atoms with Gasteiger partial charge < -0.3 is 15.4 Å². The predicted octanol–water partition coefficient (Wildman–Crippen LogP) is 2.11. The fourth-order valence-corrected chi connectivity index (χ4v) is 3.59. The molecule has 2 fully saturated rings. The molecular formula is C15H30N2O. The minimum atomic E-state index is 0.805. The molecule has 0 radical (unpaired) electrons. The summed E-state index contributed by atoms with van der Waals surface area (Å²) in [6.45, 7) is 5.75. The number of hydrogen-bond acceptors (Lipinski definition) is 3. The van der Waals surface area contributed by atoms with Crippen molar-refractivity contribution < 1.29 is 4.74 Å². The Bertz CT molecular complexity index is 219. The summed E-state index contributed by atoms with van der Waals surface area (Å²) in [6, 6.07) is 0. The van der Waals surface area contributed by atoms with Crippen molar-refractivity contribution in [1.29, 1.82) is 0 Å². The van der Waals surface area contributed by atoms with Gasteiger partial charge in [0.15, 0.2) is 0 Å². The molecule has 0 aromatic rings. The molecule has 1 saturated heterocycles. The van der Waals surface area contributed by atoms with E-state index in [2.05, 4.69) is 4.90 Å². The average Bonchev–Trinajstić information content (AvgIpc) is 2.42. The van der Waals surface area contributed by atoms with Crippen LogP contribution in [0.5, 0.6) is 0 Å². The molecule has 0 unspecified atom stereocenters. The van der Waals surface area contributed by atoms with Gasteiger partial charge in [0, 0.05) is 20.3 Å². The molecule has 1 aliphatic heterocycles. The molecule has 2 N–H and O–H groups in total. The second-order valence-electron chi connectivity index (χ2n) is 6.32. The van der Waals surface area contributed by atoms with E-state index < -0.39 is 0 Å². The van der Waals surface area contributed by atoms with Crippen molar-refractivity contribution >= 4 is 0 Å². The summed E-state index contributed by atoms with van der Waals surface area (Å²) in [4.78, 5) is 2.68. The molecule has 0 bridgehead atoms. The Morgan fingerprint density at radius 1 is 0.944 bits per heavy atom. The molecule has 0 spiro atoms. The number of nitrogens with zero attached hydrogens (tertiary/aromatic N) is 1. The Balaban J connectivity index is 1.63. The van der Waals surface area contributed by atoms with Crippen molar-refractivity contribution in [1.82, 2.24) is 4.90 Å². The monoisotopic (exact) mass is 254 g/mol. The molecule has 1 heterocycles. The Kier molecular flexibility index (Phi) is 5.93. The number of likely N-dealkylation sites (tertiary alicyclic amines) is 1. The highest BCUT2D eigenvalue weighted by atomic mass is 16.5. The van der Waals surface area contributed by atoms with Crippen molar-refractivity contribution in [3.8, 4) is 0 Å². The van der Waals surface area contributed by atoms with Crippen LogP contribution < -0.4 is 5.73 Å². The minimum absolute atomic E-state index is 0.805. The van der Waals surface area contributed by atoms with Gasteiger partial charge in [0.05, 0.1) is 0 Å². The van der Waals surface area contributed by atoms with Gasteiger partial charge in [-0.15, -0.1) is 0 Å². The summed E-state index contributed by atoms with van der Waals surface area (Å²) < 4.78 is 5.26. The zero-order valence-corrected chi connectivity index (χ0v) is 11.9. The van der Waals surface area contributed by atoms with Gasteiger partial charge in [0.1, 0.15) is 0 Å². The van der Waals surface area contributed by atoms with E-state index in [1.807, 2.05) is 7.11 Å². The maximum absolute atomic E-state index is 5.75. The molecule has 3 heteroatoms. The third-order valence-electron chi connectivity index (χ3n) is 4.93. The summed E-state index contributed by atoms with van der Waals surface area (Å²) >= 11 is 0. The van der Waals surface area contributed by atoms with E-state index in [1.165, 1.54) is 58.2 Å². The summed E-state index contributed by atoms with van der Waals surface area (Å²) in [5, 5.41) is 0. The lowest BCUT2D eigenvalue weighted by molar-refractivity contribution is 0.0864. The Morgan fingerprint density at radius 2 is 1.56 bits per heavy atom. The van der Waals surface area contributed by atoms with Crippen LogP contribution in [0.3, 0.4) is 0 Å². The van der Waals surface area contributed by atoms with E-state index in [0.29, 0.717) is 0 Å². The first-order valence-electron chi connectivity index (χ1n) is 7.73. The van der Waals surface area contributed by atoms with E-state index in [1.54, 1.807) is 0 Å². The third-order valence-corrected chi connectivity index (χ3v) is 4.93. The minimum Gasteiger partial charge on any atom is -0.384 e. The second-order valence-corrected chi connectivity index (χ2v) is 6.32. The van der Waals surface area contributed by atoms with Crippen LogP contribution in [0.1, 0.15) is 38.5 Å². The highest BCUT2D eigenvalue weighted by Gasteiger charge is 2.24. The molecule has 18 heavy (non-hydrogen) atoms. The first-order chi connectivity index (χ1) is 8.81. The predicted molar refractivity (Wildman–Crippen MR) is 75.5 cm³/mol. The lowest BCUT2D eigenvalue weighted by Crippen LogP contribution is -2.39. The van der Waals surface area contributed by atoms with Crippen LogP contribution >= 0.6 is 0 Å². The quantitative estimate of drug-likeness (QED) is 0.816. The van der Waals surface area contributed by atoms with Gasteiger partial charge in [-0.1, -0.05) is 0 Å². The van der Waals surface area contributed by atoms with E-state index >= 15 is 0 Å². The number of ether oxygens (including phenoxy) is 1. The molecule has 106 valence electrons. The van der Waals surface area contributed by atoms with Gasteiger partial charge in [-0.3, -0.25) is 0 Å². The molecule has 0 aromatic heterocycles. The molecule has 1 saturated carbocycles. The summed E-state index contributed by atoms with van der Waals surface area (Å²) in [6.07, 6.45) is 8.18. The maximum Gasteiger partial charge on any atom is 0.0491 e. The Morgan fingerprint density at radius 3 is 2.11 bits per heavy atom. The number of hydrogen-bond donors (Lipinski definition) is 1. The van der Waals surface area contributed by atoms with E-state index in [4.69, 9.17) is 10.5 Å². The van der Waals surface area contributed by atoms with Crippen LogP contribution in [-0.2, 0) is 4.74 Å². The lowest BCUT2D eigenvalue weighted by atomic mass is 9.81. The van der Waals surface area contributed by atoms with Crippen molar-refractivity contribution in [3.05, 3.63) is 0 Å². The van der Waals surface area contributed by atoms with Crippen LogP contribution in [0.2, 0.25) is 0 Å². The highest BCUT2D eigenvalue weighted by Crippen LogP contribution is 2.29. The number of piperidine rings is 1. The number of methoxy groups -OCH3 is 1. The average molecular weight is 254 g/mol. The van der Waals surface area contributed by atoms with Crippen LogP contribution in [0.4, 0.5) is 0 Å². The molecule has 0 atom stereocenters. The van der Waals surface area contributed by atoms with Gasteiger partial charge in [-0.05, 0) is 75.9 Å². The number of rotatable bonds is 5. The van der Waals surface area contributed by atoms with E-state index in [-0.39, 0.29) is 0 Å². The fraction of sp³-hybridized carbons (Fsp3) is 1.00. The zero-order valence-electron chi connectivity index (χ0n) is 11.9. The molecule has 2 aliphatic rings. The van der Waals surface area contributed by atoms with E-state index in [0.717, 1.165) is 30.9 Å². The van der Waals surface area contributed by atoms with Crippen molar-refractivity contribution in [2.45, 2.75) is 38.5 Å². The van der Waals surface area contributed by atoms with Gasteiger partial charge in [0.2, 0.25) is 0 Å². The summed E-state index contributed by atoms with van der Waals surface area (Å²) in [5.74, 6) is 2.56.